The normalized spacial score (nSPS) is 12.0. The number of benzene rings is 1. The van der Waals surface area contributed by atoms with E-state index >= 15 is 0 Å². The van der Waals surface area contributed by atoms with E-state index in [1.165, 1.54) is 0 Å². The number of hydrogen-bond donors (Lipinski definition) is 3. The first-order valence-electron chi connectivity index (χ1n) is 7.27. The highest BCUT2D eigenvalue weighted by atomic mass is 16.5. The maximum absolute atomic E-state index is 12.3. The zero-order valence-corrected chi connectivity index (χ0v) is 13.3. The molecule has 0 aliphatic carbocycles. The fourth-order valence-corrected chi connectivity index (χ4v) is 2.29. The second kappa shape index (κ2) is 7.06. The predicted molar refractivity (Wildman–Crippen MR) is 83.9 cm³/mol. The lowest BCUT2D eigenvalue weighted by Crippen LogP contribution is -2.32. The number of amides is 2. The monoisotopic (exact) mass is 316 g/mol. The Kier molecular flexibility index (Phi) is 5.13. The van der Waals surface area contributed by atoms with Crippen LogP contribution in [0.1, 0.15) is 46.3 Å². The zero-order chi connectivity index (χ0) is 17.0. The molecular formula is C16H20N4O3. The smallest absolute Gasteiger partial charge is 0.274 e. The molecule has 0 fully saturated rings. The van der Waals surface area contributed by atoms with E-state index in [2.05, 4.69) is 10.4 Å². The van der Waals surface area contributed by atoms with Gasteiger partial charge in [-0.15, -0.1) is 0 Å². The minimum Gasteiger partial charge on any atom is -0.344 e. The molecule has 1 aromatic carbocycles. The van der Waals surface area contributed by atoms with Gasteiger partial charge in [0.15, 0.2) is 0 Å². The van der Waals surface area contributed by atoms with Crippen molar-refractivity contribution in [1.82, 2.24) is 20.6 Å². The lowest BCUT2D eigenvalue weighted by atomic mass is 9.95. The predicted octanol–water partition coefficient (Wildman–Crippen LogP) is 1.67. The van der Waals surface area contributed by atoms with Crippen molar-refractivity contribution in [1.29, 1.82) is 0 Å². The van der Waals surface area contributed by atoms with Crippen LogP contribution in [0.4, 0.5) is 0 Å². The van der Waals surface area contributed by atoms with Gasteiger partial charge in [0.05, 0.1) is 6.04 Å². The van der Waals surface area contributed by atoms with E-state index in [9.17, 15) is 9.59 Å². The number of nitrogens with one attached hydrogen (secondary N) is 2. The number of rotatable bonds is 5. The summed E-state index contributed by atoms with van der Waals surface area (Å²) in [4.78, 5) is 23.6. The van der Waals surface area contributed by atoms with Crippen LogP contribution >= 0.6 is 0 Å². The molecule has 2 aromatic rings. The molecule has 1 heterocycles. The molecule has 0 saturated heterocycles. The number of aryl methyl sites for hydroxylation is 1. The molecule has 122 valence electrons. The van der Waals surface area contributed by atoms with Gasteiger partial charge in [0.1, 0.15) is 5.69 Å². The fraction of sp³-hybridized carbons (Fsp3) is 0.312. The average Bonchev–Trinajstić information content (AvgIpc) is 2.98. The highest BCUT2D eigenvalue weighted by molar-refractivity contribution is 5.93. The summed E-state index contributed by atoms with van der Waals surface area (Å²) in [5.41, 5.74) is 3.16. The molecule has 0 saturated carbocycles. The van der Waals surface area contributed by atoms with E-state index in [4.69, 9.17) is 5.21 Å². The first-order valence-corrected chi connectivity index (χ1v) is 7.27. The molecule has 3 N–H and O–H groups in total. The molecule has 0 spiro atoms. The van der Waals surface area contributed by atoms with Gasteiger partial charge in [-0.25, -0.2) is 5.48 Å². The van der Waals surface area contributed by atoms with Gasteiger partial charge >= 0.3 is 0 Å². The minimum absolute atomic E-state index is 0.153. The summed E-state index contributed by atoms with van der Waals surface area (Å²) in [6.07, 6.45) is 1.71. The fourth-order valence-electron chi connectivity index (χ4n) is 2.29. The second-order valence-corrected chi connectivity index (χ2v) is 5.63. The van der Waals surface area contributed by atoms with E-state index in [1.807, 2.05) is 13.8 Å². The Morgan fingerprint density at radius 2 is 1.78 bits per heavy atom. The van der Waals surface area contributed by atoms with Crippen LogP contribution in [-0.4, -0.2) is 26.8 Å². The van der Waals surface area contributed by atoms with Crippen LogP contribution in [0.15, 0.2) is 36.5 Å². The van der Waals surface area contributed by atoms with E-state index in [0.717, 1.165) is 5.56 Å². The molecule has 7 heteroatoms. The standard InChI is InChI=1S/C16H20N4O3/c1-10(2)14(17-16(22)13-8-9-20(3)18-13)11-4-6-12(7-5-11)15(21)19-23/h4-10,14,23H,1-3H3,(H,17,22)(H,19,21). The summed E-state index contributed by atoms with van der Waals surface area (Å²) in [5, 5.41) is 15.7. The third-order valence-corrected chi connectivity index (χ3v) is 3.53. The summed E-state index contributed by atoms with van der Waals surface area (Å²) >= 11 is 0. The van der Waals surface area contributed by atoms with E-state index in [-0.39, 0.29) is 17.9 Å². The van der Waals surface area contributed by atoms with Crippen molar-refractivity contribution in [3.63, 3.8) is 0 Å². The first-order chi connectivity index (χ1) is 10.9. The van der Waals surface area contributed by atoms with E-state index in [1.54, 1.807) is 53.7 Å². The van der Waals surface area contributed by atoms with Crippen LogP contribution in [0.5, 0.6) is 0 Å². The van der Waals surface area contributed by atoms with Gasteiger partial charge in [0.25, 0.3) is 11.8 Å². The Labute approximate surface area is 134 Å². The molecule has 0 bridgehead atoms. The SMILES string of the molecule is CC(C)C(NC(=O)c1ccn(C)n1)c1ccc(C(=O)NO)cc1. The lowest BCUT2D eigenvalue weighted by molar-refractivity contribution is 0.0706. The second-order valence-electron chi connectivity index (χ2n) is 5.63. The summed E-state index contributed by atoms with van der Waals surface area (Å²) in [6, 6.07) is 8.16. The van der Waals surface area contributed by atoms with Gasteiger partial charge in [0.2, 0.25) is 0 Å². The summed E-state index contributed by atoms with van der Waals surface area (Å²) in [5.74, 6) is -0.670. The van der Waals surface area contributed by atoms with Crippen molar-refractivity contribution in [2.24, 2.45) is 13.0 Å². The van der Waals surface area contributed by atoms with Crippen LogP contribution in [0.3, 0.4) is 0 Å². The molecular weight excluding hydrogens is 296 g/mol. The molecule has 0 radical (unpaired) electrons. The number of aromatic nitrogens is 2. The van der Waals surface area contributed by atoms with Gasteiger partial charge in [-0.3, -0.25) is 19.5 Å². The molecule has 1 aromatic heterocycles. The molecule has 1 unspecified atom stereocenters. The van der Waals surface area contributed by atoms with Gasteiger partial charge in [-0.1, -0.05) is 26.0 Å². The Bertz CT molecular complexity index is 692. The topological polar surface area (TPSA) is 96.2 Å². The average molecular weight is 316 g/mol. The highest BCUT2D eigenvalue weighted by Gasteiger charge is 2.20. The molecule has 0 aliphatic rings. The highest BCUT2D eigenvalue weighted by Crippen LogP contribution is 2.22. The van der Waals surface area contributed by atoms with Crippen LogP contribution < -0.4 is 10.8 Å². The number of hydrogen-bond acceptors (Lipinski definition) is 4. The number of carbonyl (C=O) groups excluding carboxylic acids is 2. The molecule has 23 heavy (non-hydrogen) atoms. The quantitative estimate of drug-likeness (QED) is 0.577. The Balaban J connectivity index is 2.18. The molecule has 0 aliphatic heterocycles. The Morgan fingerprint density at radius 1 is 1.13 bits per heavy atom. The van der Waals surface area contributed by atoms with Crippen molar-refractivity contribution in [2.45, 2.75) is 19.9 Å². The van der Waals surface area contributed by atoms with Crippen molar-refractivity contribution < 1.29 is 14.8 Å². The van der Waals surface area contributed by atoms with Gasteiger partial charge in [-0.05, 0) is 29.7 Å². The third-order valence-electron chi connectivity index (χ3n) is 3.53. The molecule has 2 rings (SSSR count). The van der Waals surface area contributed by atoms with Crippen LogP contribution in [-0.2, 0) is 7.05 Å². The minimum atomic E-state index is -0.574. The van der Waals surface area contributed by atoms with Gasteiger partial charge in [0, 0.05) is 18.8 Å². The van der Waals surface area contributed by atoms with Gasteiger partial charge in [-0.2, -0.15) is 5.10 Å². The third kappa shape index (κ3) is 3.95. The summed E-state index contributed by atoms with van der Waals surface area (Å²) < 4.78 is 1.57. The number of nitrogens with zero attached hydrogens (tertiary/aromatic N) is 2. The van der Waals surface area contributed by atoms with Crippen molar-refractivity contribution >= 4 is 11.8 Å². The summed E-state index contributed by atoms with van der Waals surface area (Å²) in [6.45, 7) is 4.00. The van der Waals surface area contributed by atoms with Gasteiger partial charge < -0.3 is 5.32 Å². The van der Waals surface area contributed by atoms with Crippen LogP contribution in [0, 0.1) is 5.92 Å². The van der Waals surface area contributed by atoms with E-state index < -0.39 is 5.91 Å². The largest absolute Gasteiger partial charge is 0.344 e. The molecule has 2 amide bonds. The van der Waals surface area contributed by atoms with Crippen molar-refractivity contribution in [3.05, 3.63) is 53.3 Å². The number of carbonyl (C=O) groups is 2. The lowest BCUT2D eigenvalue weighted by Gasteiger charge is -2.22. The van der Waals surface area contributed by atoms with Crippen LogP contribution in [0.25, 0.3) is 0 Å². The Morgan fingerprint density at radius 3 is 2.26 bits per heavy atom. The summed E-state index contributed by atoms with van der Waals surface area (Å²) in [7, 11) is 1.75. The zero-order valence-electron chi connectivity index (χ0n) is 13.3. The van der Waals surface area contributed by atoms with E-state index in [0.29, 0.717) is 11.3 Å². The first kappa shape index (κ1) is 16.7. The number of hydroxylamine groups is 1. The molecule has 7 nitrogen and oxygen atoms in total. The van der Waals surface area contributed by atoms with Crippen molar-refractivity contribution in [3.8, 4) is 0 Å². The van der Waals surface area contributed by atoms with Crippen LogP contribution in [0.2, 0.25) is 0 Å². The Hall–Kier alpha value is -2.67. The maximum atomic E-state index is 12.3. The molecule has 1 atom stereocenters. The maximum Gasteiger partial charge on any atom is 0.274 e. The van der Waals surface area contributed by atoms with Crippen molar-refractivity contribution in [2.75, 3.05) is 0 Å².